The maximum absolute atomic E-state index is 13.3. The number of nitrogens with zero attached hydrogens (tertiary/aromatic N) is 3. The van der Waals surface area contributed by atoms with Gasteiger partial charge in [-0.3, -0.25) is 0 Å². The van der Waals surface area contributed by atoms with Crippen molar-refractivity contribution in [3.8, 4) is 11.3 Å². The second-order valence-electron chi connectivity index (χ2n) is 8.18. The van der Waals surface area contributed by atoms with Crippen molar-refractivity contribution >= 4 is 50.3 Å². The van der Waals surface area contributed by atoms with Crippen LogP contribution in [0.5, 0.6) is 0 Å². The number of fused-ring (bicyclic) bond motifs is 1. The SMILES string of the molecule is Nc1cc(S(=O)(=O)NC(CO)CO)sc1Cl.O=C(O)c1cnn2c(C(F)(F)F)cc(-c3ccc(C(F)(F)F)cc3)nc12. The van der Waals surface area contributed by atoms with Gasteiger partial charge in [0.05, 0.1) is 42.4 Å². The van der Waals surface area contributed by atoms with E-state index in [2.05, 4.69) is 14.8 Å². The predicted octanol–water partition coefficient (Wildman–Crippen LogP) is 3.75. The number of alkyl halides is 6. The smallest absolute Gasteiger partial charge is 0.433 e. The molecule has 0 aliphatic heterocycles. The van der Waals surface area contributed by atoms with Gasteiger partial charge >= 0.3 is 18.3 Å². The highest BCUT2D eigenvalue weighted by molar-refractivity contribution is 7.91. The highest BCUT2D eigenvalue weighted by Gasteiger charge is 2.36. The van der Waals surface area contributed by atoms with Crippen molar-refractivity contribution in [2.75, 3.05) is 18.9 Å². The average Bonchev–Trinajstić information content (AvgIpc) is 3.49. The first-order valence-electron chi connectivity index (χ1n) is 11.0. The quantitative estimate of drug-likeness (QED) is 0.184. The summed E-state index contributed by atoms with van der Waals surface area (Å²) in [5, 5.41) is 30.0. The normalized spacial score (nSPS) is 12.4. The van der Waals surface area contributed by atoms with Gasteiger partial charge in [0.15, 0.2) is 11.3 Å². The lowest BCUT2D eigenvalue weighted by Gasteiger charge is -2.12. The molecule has 0 atom stereocenters. The molecule has 0 spiro atoms. The summed E-state index contributed by atoms with van der Waals surface area (Å²) < 4.78 is 104. The number of carboxylic acid groups (broad SMARTS) is 1. The number of hydrogen-bond acceptors (Lipinski definition) is 9. The number of aliphatic hydroxyl groups excluding tert-OH is 2. The standard InChI is InChI=1S/C15H7F6N3O2.C7H11ClN2O4S2/c16-14(17,18)8-3-1-7(2-4-8)10-5-11(15(19,20)21)24-12(23-10)9(6-22-24)13(25)26;8-7-5(9)1-6(15-7)16(13,14)10-4(2-11)3-12/h1-6H,(H,25,26);1,4,10-12H,2-3,9H2. The Morgan fingerprint density at radius 2 is 1.67 bits per heavy atom. The molecule has 4 aromatic rings. The molecule has 0 bridgehead atoms. The van der Waals surface area contributed by atoms with Crippen molar-refractivity contribution in [2.45, 2.75) is 22.6 Å². The van der Waals surface area contributed by atoms with Crippen molar-refractivity contribution in [1.82, 2.24) is 19.3 Å². The second kappa shape index (κ2) is 12.4. The number of carboxylic acids is 1. The molecule has 0 aliphatic rings. The van der Waals surface area contributed by atoms with Crippen molar-refractivity contribution in [1.29, 1.82) is 0 Å². The number of thiophene rings is 1. The van der Waals surface area contributed by atoms with Crippen LogP contribution < -0.4 is 10.5 Å². The number of halogens is 7. The zero-order valence-electron chi connectivity index (χ0n) is 20.5. The van der Waals surface area contributed by atoms with Crippen molar-refractivity contribution in [3.63, 3.8) is 0 Å². The van der Waals surface area contributed by atoms with Crippen LogP contribution in [0.1, 0.15) is 21.6 Å². The van der Waals surface area contributed by atoms with Gasteiger partial charge in [-0.15, -0.1) is 11.3 Å². The third kappa shape index (κ3) is 7.47. The summed E-state index contributed by atoms with van der Waals surface area (Å²) in [5.74, 6) is -1.54. The Bertz CT molecular complexity index is 1670. The molecular formula is C22H18ClF6N5O6S2. The molecule has 3 aromatic heterocycles. The van der Waals surface area contributed by atoms with Gasteiger partial charge in [-0.1, -0.05) is 23.7 Å². The highest BCUT2D eigenvalue weighted by atomic mass is 35.5. The first-order valence-corrected chi connectivity index (χ1v) is 13.7. The number of nitrogens with two attached hydrogens (primary N) is 1. The summed E-state index contributed by atoms with van der Waals surface area (Å²) in [5.41, 5.74) is 1.82. The van der Waals surface area contributed by atoms with Crippen LogP contribution in [-0.2, 0) is 22.4 Å². The minimum atomic E-state index is -4.89. The summed E-state index contributed by atoms with van der Waals surface area (Å²) in [6.45, 7) is -0.991. The van der Waals surface area contributed by atoms with E-state index in [-0.39, 0.29) is 25.5 Å². The molecule has 0 unspecified atom stereocenters. The van der Waals surface area contributed by atoms with E-state index in [1.54, 1.807) is 0 Å². The van der Waals surface area contributed by atoms with Crippen molar-refractivity contribution < 1.29 is 54.9 Å². The maximum atomic E-state index is 13.3. The van der Waals surface area contributed by atoms with Gasteiger partial charge in [-0.2, -0.15) is 31.4 Å². The fourth-order valence-electron chi connectivity index (χ4n) is 3.20. The predicted molar refractivity (Wildman–Crippen MR) is 137 cm³/mol. The van der Waals surface area contributed by atoms with Gasteiger partial charge in [0.2, 0.25) is 0 Å². The molecule has 4 rings (SSSR count). The molecule has 0 radical (unpaired) electrons. The van der Waals surface area contributed by atoms with E-state index < -0.39 is 70.1 Å². The van der Waals surface area contributed by atoms with Crippen LogP contribution in [-0.4, -0.2) is 63.6 Å². The molecule has 0 amide bonds. The minimum Gasteiger partial charge on any atom is -0.477 e. The topological polar surface area (TPSA) is 180 Å². The molecule has 20 heteroatoms. The van der Waals surface area contributed by atoms with Gasteiger partial charge in [0, 0.05) is 5.56 Å². The number of aliphatic hydroxyl groups is 2. The number of hydrogen-bond donors (Lipinski definition) is 5. The summed E-state index contributed by atoms with van der Waals surface area (Å²) >= 11 is 6.45. The lowest BCUT2D eigenvalue weighted by molar-refractivity contribution is -0.142. The van der Waals surface area contributed by atoms with E-state index in [1.165, 1.54) is 6.07 Å². The van der Waals surface area contributed by atoms with Crippen LogP contribution in [0.4, 0.5) is 32.0 Å². The molecule has 228 valence electrons. The monoisotopic (exact) mass is 661 g/mol. The maximum Gasteiger partial charge on any atom is 0.433 e. The molecule has 1 aromatic carbocycles. The number of anilines is 1. The third-order valence-corrected chi connectivity index (χ3v) is 8.60. The molecular weight excluding hydrogens is 644 g/mol. The minimum absolute atomic E-state index is 0.0384. The Morgan fingerprint density at radius 1 is 1.07 bits per heavy atom. The first kappa shape index (κ1) is 33.0. The number of nitrogen functional groups attached to an aromatic ring is 1. The fourth-order valence-corrected chi connectivity index (χ4v) is 6.00. The van der Waals surface area contributed by atoms with Crippen molar-refractivity contribution in [2.24, 2.45) is 0 Å². The Morgan fingerprint density at radius 3 is 2.12 bits per heavy atom. The lowest BCUT2D eigenvalue weighted by Crippen LogP contribution is -2.39. The Hall–Kier alpha value is -3.49. The van der Waals surface area contributed by atoms with E-state index in [0.29, 0.717) is 22.7 Å². The van der Waals surface area contributed by atoms with E-state index in [4.69, 9.17) is 32.7 Å². The van der Waals surface area contributed by atoms with Gasteiger partial charge in [-0.05, 0) is 24.3 Å². The number of nitrogens with one attached hydrogen (secondary N) is 1. The lowest BCUT2D eigenvalue weighted by atomic mass is 10.1. The van der Waals surface area contributed by atoms with Gasteiger partial charge < -0.3 is 21.1 Å². The van der Waals surface area contributed by atoms with Crippen LogP contribution in [0.15, 0.2) is 46.8 Å². The fraction of sp³-hybridized carbons (Fsp3) is 0.227. The molecule has 6 N–H and O–H groups in total. The molecule has 0 saturated heterocycles. The van der Waals surface area contributed by atoms with E-state index in [9.17, 15) is 39.6 Å². The van der Waals surface area contributed by atoms with Crippen LogP contribution in [0, 0.1) is 0 Å². The van der Waals surface area contributed by atoms with Crippen molar-refractivity contribution in [3.05, 3.63) is 63.8 Å². The molecule has 42 heavy (non-hydrogen) atoms. The molecule has 3 heterocycles. The molecule has 0 aliphatic carbocycles. The molecule has 0 fully saturated rings. The van der Waals surface area contributed by atoms with E-state index in [1.807, 2.05) is 0 Å². The molecule has 11 nitrogen and oxygen atoms in total. The van der Waals surface area contributed by atoms with Gasteiger partial charge in [-0.25, -0.2) is 27.4 Å². The summed E-state index contributed by atoms with van der Waals surface area (Å²) in [6, 6.07) is 4.19. The number of benzene rings is 1. The zero-order valence-corrected chi connectivity index (χ0v) is 22.9. The van der Waals surface area contributed by atoms with Crippen LogP contribution in [0.25, 0.3) is 16.9 Å². The Balaban J connectivity index is 0.000000260. The van der Waals surface area contributed by atoms with E-state index >= 15 is 0 Å². The number of aromatic carboxylic acids is 1. The third-order valence-electron chi connectivity index (χ3n) is 5.22. The number of aromatic nitrogens is 3. The number of sulfonamides is 1. The van der Waals surface area contributed by atoms with Gasteiger partial charge in [0.25, 0.3) is 10.0 Å². The second-order valence-corrected chi connectivity index (χ2v) is 11.8. The van der Waals surface area contributed by atoms with Crippen LogP contribution >= 0.6 is 22.9 Å². The number of rotatable bonds is 7. The Labute approximate surface area is 240 Å². The van der Waals surface area contributed by atoms with Gasteiger partial charge in [0.1, 0.15) is 14.1 Å². The van der Waals surface area contributed by atoms with Crippen LogP contribution in [0.2, 0.25) is 4.34 Å². The summed E-state index contributed by atoms with van der Waals surface area (Å²) in [7, 11) is -3.80. The zero-order chi connectivity index (χ0) is 31.6. The Kier molecular flexibility index (Phi) is 9.74. The van der Waals surface area contributed by atoms with E-state index in [0.717, 1.165) is 29.7 Å². The molecule has 0 saturated carbocycles. The van der Waals surface area contributed by atoms with Crippen LogP contribution in [0.3, 0.4) is 0 Å². The first-order chi connectivity index (χ1) is 19.4. The largest absolute Gasteiger partial charge is 0.477 e. The average molecular weight is 662 g/mol. The summed E-state index contributed by atoms with van der Waals surface area (Å²) in [6.07, 6.45) is -8.77. The number of carbonyl (C=O) groups is 1. The highest BCUT2D eigenvalue weighted by Crippen LogP contribution is 2.35. The summed E-state index contributed by atoms with van der Waals surface area (Å²) in [4.78, 5) is 15.0.